The van der Waals surface area contributed by atoms with Crippen molar-refractivity contribution in [3.05, 3.63) is 176 Å². The average molecular weight is 628 g/mol. The Balaban J connectivity index is 1.14. The molecule has 2 aromatic heterocycles. The van der Waals surface area contributed by atoms with Crippen molar-refractivity contribution in [1.82, 2.24) is 0 Å². The van der Waals surface area contributed by atoms with Crippen molar-refractivity contribution in [3.63, 3.8) is 0 Å². The van der Waals surface area contributed by atoms with Crippen LogP contribution in [0.3, 0.4) is 0 Å². The van der Waals surface area contributed by atoms with E-state index >= 15 is 0 Å². The van der Waals surface area contributed by atoms with E-state index in [0.29, 0.717) is 0 Å². The minimum atomic E-state index is 0.880. The molecule has 0 spiro atoms. The third kappa shape index (κ3) is 4.51. The van der Waals surface area contributed by atoms with Gasteiger partial charge in [-0.2, -0.15) is 0 Å². The molecule has 49 heavy (non-hydrogen) atoms. The highest BCUT2D eigenvalue weighted by molar-refractivity contribution is 6.18. The highest BCUT2D eigenvalue weighted by atomic mass is 16.3. The summed E-state index contributed by atoms with van der Waals surface area (Å²) in [5.41, 5.74) is 11.4. The Labute approximate surface area is 282 Å². The minimum Gasteiger partial charge on any atom is -0.456 e. The zero-order valence-corrected chi connectivity index (χ0v) is 26.5. The Morgan fingerprint density at radius 1 is 0.327 bits per heavy atom. The zero-order valence-electron chi connectivity index (χ0n) is 26.5. The van der Waals surface area contributed by atoms with Gasteiger partial charge in [0.25, 0.3) is 0 Å². The van der Waals surface area contributed by atoms with Crippen LogP contribution in [0.5, 0.6) is 0 Å². The summed E-state index contributed by atoms with van der Waals surface area (Å²) in [4.78, 5) is 2.32. The Morgan fingerprint density at radius 2 is 0.857 bits per heavy atom. The Hall–Kier alpha value is -6.58. The molecule has 0 radical (unpaired) electrons. The summed E-state index contributed by atoms with van der Waals surface area (Å²) in [7, 11) is 0. The van der Waals surface area contributed by atoms with Gasteiger partial charge in [0.15, 0.2) is 0 Å². The highest BCUT2D eigenvalue weighted by Crippen LogP contribution is 2.43. The number of anilines is 3. The first-order valence-electron chi connectivity index (χ1n) is 16.6. The first-order chi connectivity index (χ1) is 24.3. The van der Waals surface area contributed by atoms with Gasteiger partial charge in [0, 0.05) is 44.2 Å². The molecule has 0 aliphatic heterocycles. The summed E-state index contributed by atoms with van der Waals surface area (Å²) in [6, 6.07) is 62.0. The van der Waals surface area contributed by atoms with Crippen LogP contribution in [0.25, 0.3) is 76.9 Å². The predicted molar refractivity (Wildman–Crippen MR) is 204 cm³/mol. The van der Waals surface area contributed by atoms with E-state index < -0.39 is 0 Å². The number of benzene rings is 8. The molecule has 0 unspecified atom stereocenters. The Morgan fingerprint density at radius 3 is 1.59 bits per heavy atom. The quantitative estimate of drug-likeness (QED) is 0.190. The van der Waals surface area contributed by atoms with Gasteiger partial charge in [0.05, 0.1) is 0 Å². The van der Waals surface area contributed by atoms with E-state index in [2.05, 4.69) is 157 Å². The van der Waals surface area contributed by atoms with Crippen LogP contribution in [0.2, 0.25) is 0 Å². The van der Waals surface area contributed by atoms with Crippen molar-refractivity contribution in [3.8, 4) is 22.3 Å². The number of fused-ring (bicyclic) bond motifs is 7. The van der Waals surface area contributed by atoms with Gasteiger partial charge in [-0.05, 0) is 88.1 Å². The second-order valence-electron chi connectivity index (χ2n) is 12.5. The van der Waals surface area contributed by atoms with Gasteiger partial charge in [-0.3, -0.25) is 0 Å². The molecule has 0 atom stereocenters. The van der Waals surface area contributed by atoms with Crippen molar-refractivity contribution in [2.45, 2.75) is 0 Å². The lowest BCUT2D eigenvalue weighted by atomic mass is 9.95. The van der Waals surface area contributed by atoms with Crippen molar-refractivity contribution < 1.29 is 8.83 Å². The Kier molecular flexibility index (Phi) is 6.18. The van der Waals surface area contributed by atoms with E-state index in [1.165, 1.54) is 21.9 Å². The van der Waals surface area contributed by atoms with Crippen LogP contribution < -0.4 is 4.90 Å². The maximum absolute atomic E-state index is 6.56. The predicted octanol–water partition coefficient (Wildman–Crippen LogP) is 13.4. The smallest absolute Gasteiger partial charge is 0.143 e. The third-order valence-electron chi connectivity index (χ3n) is 9.66. The van der Waals surface area contributed by atoms with Crippen LogP contribution in [0, 0.1) is 0 Å². The van der Waals surface area contributed by atoms with E-state index in [9.17, 15) is 0 Å². The number of hydrogen-bond donors (Lipinski definition) is 0. The van der Waals surface area contributed by atoms with Crippen LogP contribution in [-0.4, -0.2) is 0 Å². The molecule has 0 saturated carbocycles. The molecule has 2 heterocycles. The topological polar surface area (TPSA) is 29.5 Å². The first kappa shape index (κ1) is 27.5. The molecule has 230 valence electrons. The summed E-state index contributed by atoms with van der Waals surface area (Å²) >= 11 is 0. The minimum absolute atomic E-state index is 0.880. The van der Waals surface area contributed by atoms with E-state index in [4.69, 9.17) is 8.83 Å². The van der Waals surface area contributed by atoms with E-state index in [1.54, 1.807) is 0 Å². The third-order valence-corrected chi connectivity index (χ3v) is 9.66. The highest BCUT2D eigenvalue weighted by Gasteiger charge is 2.19. The first-order valence-corrected chi connectivity index (χ1v) is 16.6. The zero-order chi connectivity index (χ0) is 32.3. The molecule has 0 bridgehead atoms. The summed E-state index contributed by atoms with van der Waals surface area (Å²) in [6.07, 6.45) is 0. The van der Waals surface area contributed by atoms with E-state index in [-0.39, 0.29) is 0 Å². The van der Waals surface area contributed by atoms with Gasteiger partial charge < -0.3 is 13.7 Å². The fourth-order valence-corrected chi connectivity index (χ4v) is 7.32. The fourth-order valence-electron chi connectivity index (χ4n) is 7.32. The lowest BCUT2D eigenvalue weighted by Crippen LogP contribution is -2.09. The van der Waals surface area contributed by atoms with E-state index in [1.807, 2.05) is 24.3 Å². The number of nitrogens with zero attached hydrogens (tertiary/aromatic N) is 1. The molecule has 0 fully saturated rings. The normalized spacial score (nSPS) is 11.7. The second-order valence-corrected chi connectivity index (χ2v) is 12.5. The number of furan rings is 2. The second kappa shape index (κ2) is 11.0. The van der Waals surface area contributed by atoms with Crippen LogP contribution in [0.1, 0.15) is 0 Å². The van der Waals surface area contributed by atoms with E-state index in [0.717, 1.165) is 72.1 Å². The lowest BCUT2D eigenvalue weighted by molar-refractivity contribution is 0.669. The van der Waals surface area contributed by atoms with Crippen molar-refractivity contribution >= 4 is 71.7 Å². The number of hydrogen-bond acceptors (Lipinski definition) is 3. The maximum atomic E-state index is 6.56. The number of rotatable bonds is 5. The molecule has 3 heteroatoms. The van der Waals surface area contributed by atoms with Gasteiger partial charge >= 0.3 is 0 Å². The molecule has 10 aromatic rings. The molecule has 0 saturated heterocycles. The Bertz CT molecular complexity index is 2810. The molecular formula is C46H29NO2. The molecule has 3 nitrogen and oxygen atoms in total. The molecule has 10 rings (SSSR count). The summed E-state index contributed by atoms with van der Waals surface area (Å²) in [5, 5.41) is 6.84. The van der Waals surface area contributed by atoms with Gasteiger partial charge in [-0.25, -0.2) is 0 Å². The standard InChI is InChI=1S/C46H29NO2/c1-2-10-30(11-3-1)31-18-22-34(23-19-31)47(36-26-27-44-40(29-36)38-14-6-8-16-42(38)48-44)35-24-20-32(21-25-35)45-37-13-5-4-12-33(37)28-41-39-15-7-9-17-43(39)49-46(41)45/h1-29H. The van der Waals surface area contributed by atoms with Gasteiger partial charge in [0.2, 0.25) is 0 Å². The van der Waals surface area contributed by atoms with Crippen molar-refractivity contribution in [2.75, 3.05) is 4.90 Å². The maximum Gasteiger partial charge on any atom is 0.143 e. The molecule has 8 aromatic carbocycles. The monoisotopic (exact) mass is 627 g/mol. The fraction of sp³-hybridized carbons (Fsp3) is 0. The van der Waals surface area contributed by atoms with Crippen LogP contribution in [-0.2, 0) is 0 Å². The SMILES string of the molecule is c1ccc(-c2ccc(N(c3ccc(-c4c5ccccc5cc5c4oc4ccccc45)cc3)c3ccc4oc5ccccc5c4c3)cc2)cc1. The molecule has 0 aliphatic carbocycles. The molecule has 0 amide bonds. The van der Waals surface area contributed by atoms with Crippen LogP contribution in [0.15, 0.2) is 185 Å². The molecule has 0 N–H and O–H groups in total. The van der Waals surface area contributed by atoms with Crippen LogP contribution in [0.4, 0.5) is 17.1 Å². The van der Waals surface area contributed by atoms with Gasteiger partial charge in [0.1, 0.15) is 22.3 Å². The van der Waals surface area contributed by atoms with Gasteiger partial charge in [-0.15, -0.1) is 0 Å². The van der Waals surface area contributed by atoms with Crippen molar-refractivity contribution in [1.29, 1.82) is 0 Å². The largest absolute Gasteiger partial charge is 0.456 e. The summed E-state index contributed by atoms with van der Waals surface area (Å²) in [6.45, 7) is 0. The van der Waals surface area contributed by atoms with Crippen LogP contribution >= 0.6 is 0 Å². The van der Waals surface area contributed by atoms with Gasteiger partial charge in [-0.1, -0.05) is 115 Å². The number of para-hydroxylation sites is 2. The molecule has 0 aliphatic rings. The lowest BCUT2D eigenvalue weighted by Gasteiger charge is -2.26. The van der Waals surface area contributed by atoms with Crippen molar-refractivity contribution in [2.24, 2.45) is 0 Å². The molecular weight excluding hydrogens is 599 g/mol. The summed E-state index contributed by atoms with van der Waals surface area (Å²) < 4.78 is 12.8. The average Bonchev–Trinajstić information content (AvgIpc) is 3.73. The summed E-state index contributed by atoms with van der Waals surface area (Å²) in [5.74, 6) is 0.